The summed E-state index contributed by atoms with van der Waals surface area (Å²) in [5.41, 5.74) is 2.75. The molecule has 0 saturated heterocycles. The lowest BCUT2D eigenvalue weighted by Crippen LogP contribution is -2.30. The normalized spacial score (nSPS) is 12.2. The summed E-state index contributed by atoms with van der Waals surface area (Å²) in [7, 11) is 0. The second kappa shape index (κ2) is 6.79. The molecule has 4 rings (SSSR count). The number of nitrogens with one attached hydrogen (secondary N) is 1. The molecule has 7 nitrogen and oxygen atoms in total. The number of rotatable bonds is 5. The van der Waals surface area contributed by atoms with Crippen LogP contribution in [-0.4, -0.2) is 30.2 Å². The van der Waals surface area contributed by atoms with Gasteiger partial charge in [0.2, 0.25) is 5.91 Å². The Morgan fingerprint density at radius 1 is 1.15 bits per heavy atom. The van der Waals surface area contributed by atoms with Crippen molar-refractivity contribution >= 4 is 16.9 Å². The van der Waals surface area contributed by atoms with E-state index < -0.39 is 0 Å². The van der Waals surface area contributed by atoms with Gasteiger partial charge < -0.3 is 9.88 Å². The molecular weight excluding hydrogens is 328 g/mol. The lowest BCUT2D eigenvalue weighted by Gasteiger charge is -2.14. The van der Waals surface area contributed by atoms with Gasteiger partial charge in [0.1, 0.15) is 6.04 Å². The van der Waals surface area contributed by atoms with Crippen LogP contribution in [0.2, 0.25) is 0 Å². The van der Waals surface area contributed by atoms with Crippen molar-refractivity contribution in [1.82, 2.24) is 29.6 Å². The number of carbonyl (C=O) groups excluding carboxylic acids is 1. The molecule has 0 radical (unpaired) electrons. The van der Waals surface area contributed by atoms with Crippen molar-refractivity contribution in [3.05, 3.63) is 72.9 Å². The second-order valence-corrected chi connectivity index (χ2v) is 6.01. The van der Waals surface area contributed by atoms with Gasteiger partial charge in [-0.3, -0.25) is 4.79 Å². The van der Waals surface area contributed by atoms with Crippen LogP contribution in [0.25, 0.3) is 16.9 Å². The number of carbonyl (C=O) groups is 1. The predicted octanol–water partition coefficient (Wildman–Crippen LogP) is 2.49. The number of nitrogens with zero attached hydrogens (tertiary/aromatic N) is 5. The van der Waals surface area contributed by atoms with Crippen molar-refractivity contribution < 1.29 is 4.79 Å². The Kier molecular flexibility index (Phi) is 4.18. The fourth-order valence-corrected chi connectivity index (χ4v) is 2.81. The first-order valence-corrected chi connectivity index (χ1v) is 8.36. The summed E-state index contributed by atoms with van der Waals surface area (Å²) in [6, 6.07) is 13.1. The standard InChI is InChI=1S/C19H18N6O/c1-14(24-13-22-16-5-2-3-6-17(16)24)19(26)21-12-15-7-8-18(20-11-15)25-10-4-9-23-25/h2-11,13-14H,12H2,1H3,(H,21,26)/t14-/m1/s1. The van der Waals surface area contributed by atoms with Crippen molar-refractivity contribution in [2.45, 2.75) is 19.5 Å². The first-order valence-electron chi connectivity index (χ1n) is 8.36. The van der Waals surface area contributed by atoms with Crippen LogP contribution in [0.15, 0.2) is 67.4 Å². The largest absolute Gasteiger partial charge is 0.350 e. The molecule has 4 aromatic rings. The predicted molar refractivity (Wildman–Crippen MR) is 97.6 cm³/mol. The minimum Gasteiger partial charge on any atom is -0.350 e. The number of imidazole rings is 1. The average molecular weight is 346 g/mol. The average Bonchev–Trinajstić information content (AvgIpc) is 3.36. The Hall–Kier alpha value is -3.48. The Morgan fingerprint density at radius 2 is 2.04 bits per heavy atom. The molecule has 130 valence electrons. The van der Waals surface area contributed by atoms with E-state index in [1.54, 1.807) is 23.4 Å². The van der Waals surface area contributed by atoms with E-state index in [2.05, 4.69) is 20.4 Å². The molecule has 1 atom stereocenters. The number of amides is 1. The zero-order valence-electron chi connectivity index (χ0n) is 14.3. The fraction of sp³-hybridized carbons (Fsp3) is 0.158. The number of aromatic nitrogens is 5. The Bertz CT molecular complexity index is 1020. The summed E-state index contributed by atoms with van der Waals surface area (Å²) in [5, 5.41) is 7.10. The summed E-state index contributed by atoms with van der Waals surface area (Å²) in [6.45, 7) is 2.28. The highest BCUT2D eigenvalue weighted by atomic mass is 16.2. The monoisotopic (exact) mass is 346 g/mol. The number of benzene rings is 1. The third-order valence-corrected chi connectivity index (χ3v) is 4.29. The van der Waals surface area contributed by atoms with E-state index in [9.17, 15) is 4.79 Å². The lowest BCUT2D eigenvalue weighted by molar-refractivity contribution is -0.123. The van der Waals surface area contributed by atoms with Gasteiger partial charge in [0.05, 0.1) is 17.4 Å². The van der Waals surface area contributed by atoms with E-state index in [-0.39, 0.29) is 11.9 Å². The first-order chi connectivity index (χ1) is 12.7. The van der Waals surface area contributed by atoms with Crippen LogP contribution in [0.3, 0.4) is 0 Å². The van der Waals surface area contributed by atoms with Crippen molar-refractivity contribution in [2.24, 2.45) is 0 Å². The molecule has 0 saturated carbocycles. The van der Waals surface area contributed by atoms with Crippen molar-refractivity contribution in [3.63, 3.8) is 0 Å². The summed E-state index contributed by atoms with van der Waals surface area (Å²) in [4.78, 5) is 21.2. The molecule has 7 heteroatoms. The zero-order chi connectivity index (χ0) is 17.9. The minimum atomic E-state index is -0.348. The Balaban J connectivity index is 1.42. The molecule has 3 aromatic heterocycles. The van der Waals surface area contributed by atoms with E-state index in [0.717, 1.165) is 22.4 Å². The van der Waals surface area contributed by atoms with E-state index >= 15 is 0 Å². The van der Waals surface area contributed by atoms with Crippen LogP contribution in [0.5, 0.6) is 0 Å². The van der Waals surface area contributed by atoms with Gasteiger partial charge in [0, 0.05) is 25.1 Å². The van der Waals surface area contributed by atoms with Crippen LogP contribution in [0, 0.1) is 0 Å². The molecule has 0 aliphatic carbocycles. The summed E-state index contributed by atoms with van der Waals surface area (Å²) in [5.74, 6) is 0.674. The van der Waals surface area contributed by atoms with Gasteiger partial charge in [-0.1, -0.05) is 18.2 Å². The van der Waals surface area contributed by atoms with Crippen molar-refractivity contribution in [1.29, 1.82) is 0 Å². The number of hydrogen-bond acceptors (Lipinski definition) is 4. The highest BCUT2D eigenvalue weighted by Crippen LogP contribution is 2.17. The summed E-state index contributed by atoms with van der Waals surface area (Å²) in [6.07, 6.45) is 6.99. The zero-order valence-corrected chi connectivity index (χ0v) is 14.3. The smallest absolute Gasteiger partial charge is 0.243 e. The van der Waals surface area contributed by atoms with Crippen LogP contribution >= 0.6 is 0 Å². The maximum atomic E-state index is 12.5. The van der Waals surface area contributed by atoms with E-state index in [1.165, 1.54) is 0 Å². The Labute approximate surface area is 150 Å². The van der Waals surface area contributed by atoms with Gasteiger partial charge in [-0.05, 0) is 36.8 Å². The molecule has 3 heterocycles. The minimum absolute atomic E-state index is 0.0655. The van der Waals surface area contributed by atoms with Crippen molar-refractivity contribution in [3.8, 4) is 5.82 Å². The number of fused-ring (bicyclic) bond motifs is 1. The Morgan fingerprint density at radius 3 is 2.81 bits per heavy atom. The first kappa shape index (κ1) is 16.0. The van der Waals surface area contributed by atoms with Gasteiger partial charge in [-0.2, -0.15) is 5.10 Å². The molecule has 0 aliphatic heterocycles. The number of para-hydroxylation sites is 2. The van der Waals surface area contributed by atoms with Gasteiger partial charge >= 0.3 is 0 Å². The third kappa shape index (κ3) is 3.06. The highest BCUT2D eigenvalue weighted by molar-refractivity contribution is 5.83. The van der Waals surface area contributed by atoms with E-state index in [0.29, 0.717) is 6.54 Å². The molecule has 1 aromatic carbocycles. The second-order valence-electron chi connectivity index (χ2n) is 6.01. The molecule has 0 spiro atoms. The topological polar surface area (TPSA) is 77.6 Å². The fourth-order valence-electron chi connectivity index (χ4n) is 2.81. The molecule has 0 unspecified atom stereocenters. The van der Waals surface area contributed by atoms with E-state index in [1.807, 2.05) is 60.2 Å². The van der Waals surface area contributed by atoms with Gasteiger partial charge in [0.15, 0.2) is 5.82 Å². The van der Waals surface area contributed by atoms with Gasteiger partial charge in [-0.15, -0.1) is 0 Å². The summed E-state index contributed by atoms with van der Waals surface area (Å²) >= 11 is 0. The summed E-state index contributed by atoms with van der Waals surface area (Å²) < 4.78 is 3.57. The van der Waals surface area contributed by atoms with Crippen molar-refractivity contribution in [2.75, 3.05) is 0 Å². The van der Waals surface area contributed by atoms with Crippen LogP contribution in [0.1, 0.15) is 18.5 Å². The van der Waals surface area contributed by atoms with Crippen LogP contribution < -0.4 is 5.32 Å². The van der Waals surface area contributed by atoms with Gasteiger partial charge in [0.25, 0.3) is 0 Å². The lowest BCUT2D eigenvalue weighted by atomic mass is 10.2. The van der Waals surface area contributed by atoms with Gasteiger partial charge in [-0.25, -0.2) is 14.6 Å². The number of hydrogen-bond donors (Lipinski definition) is 1. The molecule has 1 N–H and O–H groups in total. The quantitative estimate of drug-likeness (QED) is 0.602. The third-order valence-electron chi connectivity index (χ3n) is 4.29. The number of pyridine rings is 1. The molecule has 26 heavy (non-hydrogen) atoms. The van der Waals surface area contributed by atoms with E-state index in [4.69, 9.17) is 0 Å². The molecule has 0 bridgehead atoms. The molecule has 0 aliphatic rings. The maximum absolute atomic E-state index is 12.5. The molecule has 0 fully saturated rings. The van der Waals surface area contributed by atoms with Crippen LogP contribution in [-0.2, 0) is 11.3 Å². The molecule has 1 amide bonds. The van der Waals surface area contributed by atoms with Crippen LogP contribution in [0.4, 0.5) is 0 Å². The molecular formula is C19H18N6O. The SMILES string of the molecule is C[C@H](C(=O)NCc1ccc(-n2cccn2)nc1)n1cnc2ccccc21. The maximum Gasteiger partial charge on any atom is 0.243 e. The highest BCUT2D eigenvalue weighted by Gasteiger charge is 2.16.